The number of hydrogen-bond donors (Lipinski definition) is 0. The van der Waals surface area contributed by atoms with Crippen LogP contribution in [0.5, 0.6) is 5.75 Å². The fourth-order valence-corrected chi connectivity index (χ4v) is 5.41. The van der Waals surface area contributed by atoms with Crippen molar-refractivity contribution in [3.05, 3.63) is 29.8 Å². The van der Waals surface area contributed by atoms with Crippen LogP contribution in [0, 0.1) is 17.8 Å². The van der Waals surface area contributed by atoms with Gasteiger partial charge in [0.05, 0.1) is 7.11 Å². The highest BCUT2D eigenvalue weighted by Crippen LogP contribution is 2.45. The molecule has 1 amide bonds. The Labute approximate surface area is 151 Å². The molecular formula is C21H30N2O2. The summed E-state index contributed by atoms with van der Waals surface area (Å²) in [5.74, 6) is 3.18. The molecule has 3 aliphatic heterocycles. The predicted octanol–water partition coefficient (Wildman–Crippen LogP) is 3.16. The summed E-state index contributed by atoms with van der Waals surface area (Å²) < 4.78 is 5.26. The largest absolute Gasteiger partial charge is 0.497 e. The Hall–Kier alpha value is -1.55. The number of ether oxygens (including phenoxy) is 1. The summed E-state index contributed by atoms with van der Waals surface area (Å²) in [6.45, 7) is 7.80. The third kappa shape index (κ3) is 3.05. The summed E-state index contributed by atoms with van der Waals surface area (Å²) in [5, 5.41) is 0. The van der Waals surface area contributed by atoms with E-state index in [2.05, 4.69) is 35.8 Å². The molecule has 4 atom stereocenters. The Balaban J connectivity index is 1.49. The minimum absolute atomic E-state index is 0.408. The van der Waals surface area contributed by atoms with Gasteiger partial charge in [-0.2, -0.15) is 0 Å². The first kappa shape index (κ1) is 16.9. The Morgan fingerprint density at radius 2 is 1.88 bits per heavy atom. The van der Waals surface area contributed by atoms with E-state index in [4.69, 9.17) is 4.74 Å². The number of piperidine rings is 2. The molecule has 3 heterocycles. The summed E-state index contributed by atoms with van der Waals surface area (Å²) in [6.07, 6.45) is 3.00. The Kier molecular flexibility index (Phi) is 4.48. The van der Waals surface area contributed by atoms with Crippen molar-refractivity contribution in [2.24, 2.45) is 17.8 Å². The SMILES string of the molecule is COc1ccc(CN2CC3CC(C(C)C)N4C(=O)CC[C@H](C2)[C@H]34)cc1. The molecule has 0 saturated carbocycles. The standard InChI is InChI=1S/C21H30N2O2/c1-14(2)19-10-17-13-22(11-15-4-7-18(25-3)8-5-15)12-16-6-9-20(24)23(19)21(16)17/h4-5,7-8,14,16-17,19,21H,6,9-13H2,1-3H3/t16-,17?,19?,21-/m1/s1. The number of hydrogen-bond acceptors (Lipinski definition) is 3. The predicted molar refractivity (Wildman–Crippen MR) is 98.4 cm³/mol. The number of carbonyl (C=O) groups is 1. The van der Waals surface area contributed by atoms with Crippen LogP contribution in [0.15, 0.2) is 24.3 Å². The van der Waals surface area contributed by atoms with E-state index in [-0.39, 0.29) is 0 Å². The van der Waals surface area contributed by atoms with Crippen molar-refractivity contribution in [3.8, 4) is 5.75 Å². The van der Waals surface area contributed by atoms with Gasteiger partial charge in [0.25, 0.3) is 0 Å². The van der Waals surface area contributed by atoms with Crippen LogP contribution in [0.3, 0.4) is 0 Å². The zero-order chi connectivity index (χ0) is 17.6. The molecule has 0 spiro atoms. The van der Waals surface area contributed by atoms with Gasteiger partial charge in [0.2, 0.25) is 5.91 Å². The fraction of sp³-hybridized carbons (Fsp3) is 0.667. The van der Waals surface area contributed by atoms with Gasteiger partial charge < -0.3 is 9.64 Å². The van der Waals surface area contributed by atoms with E-state index in [0.717, 1.165) is 38.2 Å². The van der Waals surface area contributed by atoms with Gasteiger partial charge in [0.1, 0.15) is 5.75 Å². The zero-order valence-electron chi connectivity index (χ0n) is 15.6. The molecule has 3 aliphatic rings. The van der Waals surface area contributed by atoms with Gasteiger partial charge in [0.15, 0.2) is 0 Å². The van der Waals surface area contributed by atoms with E-state index in [1.165, 1.54) is 12.0 Å². The maximum atomic E-state index is 12.6. The van der Waals surface area contributed by atoms with Crippen LogP contribution in [-0.2, 0) is 11.3 Å². The number of likely N-dealkylation sites (tertiary alicyclic amines) is 1. The summed E-state index contributed by atoms with van der Waals surface area (Å²) in [7, 11) is 1.71. The Morgan fingerprint density at radius 1 is 1.16 bits per heavy atom. The molecule has 3 fully saturated rings. The fourth-order valence-electron chi connectivity index (χ4n) is 5.41. The molecule has 136 valence electrons. The molecule has 0 aromatic heterocycles. The van der Waals surface area contributed by atoms with Crippen molar-refractivity contribution in [2.75, 3.05) is 20.2 Å². The molecule has 4 heteroatoms. The monoisotopic (exact) mass is 342 g/mol. The molecular weight excluding hydrogens is 312 g/mol. The molecule has 25 heavy (non-hydrogen) atoms. The lowest BCUT2D eigenvalue weighted by Gasteiger charge is -2.47. The Bertz CT molecular complexity index is 627. The highest BCUT2D eigenvalue weighted by Gasteiger charge is 2.52. The lowest BCUT2D eigenvalue weighted by atomic mass is 9.79. The molecule has 0 aliphatic carbocycles. The van der Waals surface area contributed by atoms with Crippen LogP contribution in [0.4, 0.5) is 0 Å². The molecule has 0 radical (unpaired) electrons. The molecule has 0 N–H and O–H groups in total. The van der Waals surface area contributed by atoms with E-state index in [9.17, 15) is 4.79 Å². The van der Waals surface area contributed by atoms with E-state index in [1.54, 1.807) is 7.11 Å². The van der Waals surface area contributed by atoms with Crippen molar-refractivity contribution in [3.63, 3.8) is 0 Å². The number of amides is 1. The average molecular weight is 342 g/mol. The van der Waals surface area contributed by atoms with E-state index in [0.29, 0.717) is 35.7 Å². The van der Waals surface area contributed by atoms with Gasteiger partial charge in [-0.3, -0.25) is 9.69 Å². The number of nitrogens with zero attached hydrogens (tertiary/aromatic N) is 2. The van der Waals surface area contributed by atoms with Crippen molar-refractivity contribution < 1.29 is 9.53 Å². The van der Waals surface area contributed by atoms with E-state index >= 15 is 0 Å². The number of benzene rings is 1. The third-order valence-electron chi connectivity index (χ3n) is 6.53. The van der Waals surface area contributed by atoms with Crippen LogP contribution in [0.1, 0.15) is 38.7 Å². The highest BCUT2D eigenvalue weighted by molar-refractivity contribution is 5.78. The lowest BCUT2D eigenvalue weighted by molar-refractivity contribution is -0.142. The summed E-state index contributed by atoms with van der Waals surface area (Å²) in [5.41, 5.74) is 1.35. The van der Waals surface area contributed by atoms with Crippen molar-refractivity contribution in [2.45, 2.75) is 51.7 Å². The van der Waals surface area contributed by atoms with Crippen LogP contribution in [-0.4, -0.2) is 48.0 Å². The maximum Gasteiger partial charge on any atom is 0.223 e. The minimum atomic E-state index is 0.408. The van der Waals surface area contributed by atoms with E-state index in [1.807, 2.05) is 12.1 Å². The average Bonchev–Trinajstić information content (AvgIpc) is 3.00. The topological polar surface area (TPSA) is 32.8 Å². The summed E-state index contributed by atoms with van der Waals surface area (Å²) >= 11 is 0. The molecule has 4 nitrogen and oxygen atoms in total. The highest BCUT2D eigenvalue weighted by atomic mass is 16.5. The van der Waals surface area contributed by atoms with Crippen LogP contribution in [0.25, 0.3) is 0 Å². The number of methoxy groups -OCH3 is 1. The molecule has 1 aromatic carbocycles. The third-order valence-corrected chi connectivity index (χ3v) is 6.53. The van der Waals surface area contributed by atoms with Crippen LogP contribution >= 0.6 is 0 Å². The molecule has 2 unspecified atom stereocenters. The first-order chi connectivity index (χ1) is 12.1. The van der Waals surface area contributed by atoms with Crippen molar-refractivity contribution >= 4 is 5.91 Å². The van der Waals surface area contributed by atoms with Gasteiger partial charge >= 0.3 is 0 Å². The van der Waals surface area contributed by atoms with E-state index < -0.39 is 0 Å². The van der Waals surface area contributed by atoms with Gasteiger partial charge in [-0.15, -0.1) is 0 Å². The van der Waals surface area contributed by atoms with Gasteiger partial charge in [-0.1, -0.05) is 26.0 Å². The minimum Gasteiger partial charge on any atom is -0.497 e. The molecule has 0 bridgehead atoms. The Morgan fingerprint density at radius 3 is 2.56 bits per heavy atom. The first-order valence-electron chi connectivity index (χ1n) is 9.73. The quantitative estimate of drug-likeness (QED) is 0.843. The molecule has 4 rings (SSSR count). The van der Waals surface area contributed by atoms with Crippen LogP contribution in [0.2, 0.25) is 0 Å². The number of rotatable bonds is 4. The van der Waals surface area contributed by atoms with Gasteiger partial charge in [0, 0.05) is 38.1 Å². The van der Waals surface area contributed by atoms with Gasteiger partial charge in [-0.05, 0) is 48.3 Å². The second kappa shape index (κ2) is 6.64. The van der Waals surface area contributed by atoms with Crippen molar-refractivity contribution in [1.29, 1.82) is 0 Å². The van der Waals surface area contributed by atoms with Crippen molar-refractivity contribution in [1.82, 2.24) is 9.80 Å². The molecule has 1 aromatic rings. The lowest BCUT2D eigenvalue weighted by Crippen LogP contribution is -2.57. The van der Waals surface area contributed by atoms with Gasteiger partial charge in [-0.25, -0.2) is 0 Å². The smallest absolute Gasteiger partial charge is 0.223 e. The first-order valence-corrected chi connectivity index (χ1v) is 9.73. The van der Waals surface area contributed by atoms with Crippen LogP contribution < -0.4 is 4.74 Å². The normalized spacial score (nSPS) is 32.2. The zero-order valence-corrected chi connectivity index (χ0v) is 15.6. The number of carbonyl (C=O) groups excluding carboxylic acids is 1. The summed E-state index contributed by atoms with van der Waals surface area (Å²) in [6, 6.07) is 9.40. The molecule has 3 saturated heterocycles. The maximum absolute atomic E-state index is 12.6. The summed E-state index contributed by atoms with van der Waals surface area (Å²) in [4.78, 5) is 17.5. The second-order valence-electron chi connectivity index (χ2n) is 8.44. The second-order valence-corrected chi connectivity index (χ2v) is 8.44.